The summed E-state index contributed by atoms with van der Waals surface area (Å²) >= 11 is 0. The minimum Gasteiger partial charge on any atom is -0.399 e. The minimum absolute atomic E-state index is 0.0514. The molecule has 0 aliphatic heterocycles. The summed E-state index contributed by atoms with van der Waals surface area (Å²) in [4.78, 5) is 24.0. The van der Waals surface area contributed by atoms with Crippen LogP contribution in [0.3, 0.4) is 0 Å². The first-order valence-electron chi connectivity index (χ1n) is 7.50. The zero-order chi connectivity index (χ0) is 17.3. The number of ketones is 1. The normalized spacial score (nSPS) is 12.8. The molecule has 3 rings (SSSR count). The second kappa shape index (κ2) is 6.23. The van der Waals surface area contributed by atoms with Crippen molar-refractivity contribution in [3.8, 4) is 0 Å². The van der Waals surface area contributed by atoms with Gasteiger partial charge in [0.1, 0.15) is 11.5 Å². The Labute approximate surface area is 138 Å². The van der Waals surface area contributed by atoms with Crippen molar-refractivity contribution in [2.24, 2.45) is 4.99 Å². The molecule has 6 heteroatoms. The zero-order valence-electron chi connectivity index (χ0n) is 13.4. The predicted octanol–water partition coefficient (Wildman–Crippen LogP) is 3.32. The van der Waals surface area contributed by atoms with Crippen LogP contribution in [0.4, 0.5) is 10.1 Å². The van der Waals surface area contributed by atoms with Crippen molar-refractivity contribution in [3.63, 3.8) is 0 Å². The van der Waals surface area contributed by atoms with E-state index in [1.165, 1.54) is 18.2 Å². The molecule has 3 aromatic rings. The topological polar surface area (TPSA) is 84.1 Å². The third-order valence-corrected chi connectivity index (χ3v) is 3.93. The van der Waals surface area contributed by atoms with E-state index in [2.05, 4.69) is 15.0 Å². The number of benzene rings is 1. The fraction of sp³-hybridized carbons (Fsp3) is 0.167. The Kier molecular flexibility index (Phi) is 4.12. The number of nitrogen functional groups attached to an aromatic ring is 1. The number of halogens is 1. The van der Waals surface area contributed by atoms with Gasteiger partial charge in [-0.05, 0) is 29.8 Å². The number of aliphatic imine (C=N–C) groups is 1. The van der Waals surface area contributed by atoms with E-state index in [9.17, 15) is 9.18 Å². The Morgan fingerprint density at radius 1 is 1.38 bits per heavy atom. The number of nitrogens with two attached hydrogens (primary N) is 1. The van der Waals surface area contributed by atoms with Crippen molar-refractivity contribution in [3.05, 3.63) is 59.2 Å². The first-order chi connectivity index (χ1) is 11.5. The summed E-state index contributed by atoms with van der Waals surface area (Å²) in [7, 11) is 1.70. The molecule has 0 aliphatic rings. The lowest BCUT2D eigenvalue weighted by Crippen LogP contribution is -2.05. The number of carbonyl (C=O) groups excluding carboxylic acids is 1. The molecule has 0 saturated heterocycles. The van der Waals surface area contributed by atoms with Crippen molar-refractivity contribution in [2.75, 3.05) is 12.8 Å². The molecule has 0 radical (unpaired) electrons. The van der Waals surface area contributed by atoms with Crippen LogP contribution in [0.5, 0.6) is 0 Å². The fourth-order valence-electron chi connectivity index (χ4n) is 2.63. The highest BCUT2D eigenvalue weighted by Crippen LogP contribution is 2.25. The van der Waals surface area contributed by atoms with Gasteiger partial charge in [0.15, 0.2) is 5.78 Å². The third kappa shape index (κ3) is 2.78. The van der Waals surface area contributed by atoms with E-state index >= 15 is 0 Å². The number of rotatable bonds is 4. The molecule has 0 fully saturated rings. The monoisotopic (exact) mass is 324 g/mol. The number of hydrogen-bond donors (Lipinski definition) is 2. The highest BCUT2D eigenvalue weighted by atomic mass is 19.1. The van der Waals surface area contributed by atoms with Crippen molar-refractivity contribution in [1.29, 1.82) is 0 Å². The van der Waals surface area contributed by atoms with Gasteiger partial charge in [0.25, 0.3) is 0 Å². The number of carbonyl (C=O) groups is 1. The number of H-pyrrole nitrogens is 1. The highest BCUT2D eigenvalue weighted by Gasteiger charge is 2.19. The maximum Gasteiger partial charge on any atom is 0.198 e. The van der Waals surface area contributed by atoms with Crippen molar-refractivity contribution < 1.29 is 9.18 Å². The number of nitrogens with zero attached hydrogens (tertiary/aromatic N) is 2. The van der Waals surface area contributed by atoms with E-state index in [1.54, 1.807) is 25.7 Å². The van der Waals surface area contributed by atoms with Crippen molar-refractivity contribution >= 4 is 28.7 Å². The SMILES string of the molecule is CN=CC(C)c1cnc2[nH]cc(C(=O)c3cc(N)ccc3F)c2c1. The van der Waals surface area contributed by atoms with Gasteiger partial charge in [-0.25, -0.2) is 9.37 Å². The summed E-state index contributed by atoms with van der Waals surface area (Å²) in [5, 5.41) is 0.649. The Morgan fingerprint density at radius 2 is 2.17 bits per heavy atom. The maximum absolute atomic E-state index is 14.0. The molecule has 0 saturated carbocycles. The maximum atomic E-state index is 14.0. The second-order valence-electron chi connectivity index (χ2n) is 5.63. The Hall–Kier alpha value is -3.02. The van der Waals surface area contributed by atoms with Crippen LogP contribution < -0.4 is 5.73 Å². The smallest absolute Gasteiger partial charge is 0.198 e. The average Bonchev–Trinajstić information content (AvgIpc) is 2.99. The van der Waals surface area contributed by atoms with Crippen LogP contribution in [-0.2, 0) is 0 Å². The summed E-state index contributed by atoms with van der Waals surface area (Å²) in [5.74, 6) is -0.963. The van der Waals surface area contributed by atoms with Gasteiger partial charge in [-0.15, -0.1) is 0 Å². The zero-order valence-corrected chi connectivity index (χ0v) is 13.4. The Morgan fingerprint density at radius 3 is 2.92 bits per heavy atom. The largest absolute Gasteiger partial charge is 0.399 e. The molecule has 2 heterocycles. The summed E-state index contributed by atoms with van der Waals surface area (Å²) in [6, 6.07) is 5.84. The van der Waals surface area contributed by atoms with Crippen LogP contribution in [0.15, 0.2) is 41.7 Å². The highest BCUT2D eigenvalue weighted by molar-refractivity contribution is 6.16. The van der Waals surface area contributed by atoms with Crippen LogP contribution in [0, 0.1) is 5.82 Å². The van der Waals surface area contributed by atoms with Gasteiger partial charge >= 0.3 is 0 Å². The summed E-state index contributed by atoms with van der Waals surface area (Å²) in [6.07, 6.45) is 5.08. The van der Waals surface area contributed by atoms with Crippen LogP contribution in [0.1, 0.15) is 34.3 Å². The summed E-state index contributed by atoms with van der Waals surface area (Å²) in [5.41, 5.74) is 7.83. The van der Waals surface area contributed by atoms with Gasteiger partial charge in [-0.1, -0.05) is 6.92 Å². The summed E-state index contributed by atoms with van der Waals surface area (Å²) < 4.78 is 14.0. The Balaban J connectivity index is 2.10. The number of pyridine rings is 1. The second-order valence-corrected chi connectivity index (χ2v) is 5.63. The van der Waals surface area contributed by atoms with Gasteiger partial charge in [0.2, 0.25) is 0 Å². The molecule has 24 heavy (non-hydrogen) atoms. The van der Waals surface area contributed by atoms with Gasteiger partial charge in [0, 0.05) is 48.2 Å². The summed E-state index contributed by atoms with van der Waals surface area (Å²) in [6.45, 7) is 1.99. The van der Waals surface area contributed by atoms with E-state index in [-0.39, 0.29) is 11.5 Å². The molecule has 0 aliphatic carbocycles. The number of aromatic nitrogens is 2. The first-order valence-corrected chi connectivity index (χ1v) is 7.50. The van der Waals surface area contributed by atoms with Crippen molar-refractivity contribution in [1.82, 2.24) is 9.97 Å². The standard InChI is InChI=1S/C18H17FN4O/c1-10(7-21-2)11-5-13-15(9-23-18(13)22-8-11)17(24)14-6-12(20)3-4-16(14)19/h3-10H,20H2,1-2H3,(H,22,23). The lowest BCUT2D eigenvalue weighted by molar-refractivity contribution is 0.103. The fourth-order valence-corrected chi connectivity index (χ4v) is 2.63. The van der Waals surface area contributed by atoms with Gasteiger partial charge in [0.05, 0.1) is 5.56 Å². The first kappa shape index (κ1) is 15.9. The van der Waals surface area contributed by atoms with Gasteiger partial charge in [-0.2, -0.15) is 0 Å². The van der Waals surface area contributed by atoms with Crippen molar-refractivity contribution in [2.45, 2.75) is 12.8 Å². The lowest BCUT2D eigenvalue weighted by Gasteiger charge is -2.07. The molecule has 2 aromatic heterocycles. The quantitative estimate of drug-likeness (QED) is 0.438. The molecule has 1 atom stereocenters. The molecule has 0 spiro atoms. The van der Waals surface area contributed by atoms with Crippen LogP contribution in [0.2, 0.25) is 0 Å². The van der Waals surface area contributed by atoms with Gasteiger partial charge in [-0.3, -0.25) is 4.79 Å². The van der Waals surface area contributed by atoms with Crippen LogP contribution in [0.25, 0.3) is 11.0 Å². The van der Waals surface area contributed by atoms with E-state index in [0.29, 0.717) is 22.3 Å². The molecule has 1 aromatic carbocycles. The number of hydrogen-bond acceptors (Lipinski definition) is 4. The molecule has 1 unspecified atom stereocenters. The molecule has 3 N–H and O–H groups in total. The number of fused-ring (bicyclic) bond motifs is 1. The molecule has 122 valence electrons. The van der Waals surface area contributed by atoms with Crippen LogP contribution in [-0.4, -0.2) is 29.0 Å². The number of aromatic amines is 1. The van der Waals surface area contributed by atoms with E-state index < -0.39 is 11.6 Å². The van der Waals surface area contributed by atoms with E-state index in [4.69, 9.17) is 5.73 Å². The minimum atomic E-state index is -0.598. The van der Waals surface area contributed by atoms with Crippen LogP contribution >= 0.6 is 0 Å². The molecule has 5 nitrogen and oxygen atoms in total. The number of anilines is 1. The Bertz CT molecular complexity index is 945. The molecule has 0 amide bonds. The number of nitrogens with one attached hydrogen (secondary N) is 1. The average molecular weight is 324 g/mol. The lowest BCUT2D eigenvalue weighted by atomic mass is 9.99. The van der Waals surface area contributed by atoms with E-state index in [1.807, 2.05) is 13.0 Å². The molecular formula is C18H17FN4O. The predicted molar refractivity (Wildman–Crippen MR) is 93.2 cm³/mol. The molecular weight excluding hydrogens is 307 g/mol. The van der Waals surface area contributed by atoms with Gasteiger partial charge < -0.3 is 15.7 Å². The molecule has 0 bridgehead atoms. The third-order valence-electron chi connectivity index (χ3n) is 3.93. The van der Waals surface area contributed by atoms with E-state index in [0.717, 1.165) is 5.56 Å².